The van der Waals surface area contributed by atoms with Crippen molar-refractivity contribution >= 4 is 16.0 Å². The quantitative estimate of drug-likeness (QED) is 0.649. The Hall–Kier alpha value is -0.660. The van der Waals surface area contributed by atoms with Gasteiger partial charge in [0.1, 0.15) is 5.54 Å². The van der Waals surface area contributed by atoms with Crippen LogP contribution in [0.2, 0.25) is 0 Å². The second kappa shape index (κ2) is 6.32. The first-order valence-corrected chi connectivity index (χ1v) is 7.04. The highest BCUT2D eigenvalue weighted by atomic mass is 32.2. The maximum absolute atomic E-state index is 12.0. The van der Waals surface area contributed by atoms with E-state index in [2.05, 4.69) is 0 Å². The Balaban J connectivity index is 4.93. The summed E-state index contributed by atoms with van der Waals surface area (Å²) >= 11 is 0. The summed E-state index contributed by atoms with van der Waals surface area (Å²) in [6, 6.07) is 0. The fourth-order valence-corrected chi connectivity index (χ4v) is 3.41. The number of carboxylic acids is 1. The molecule has 0 bridgehead atoms. The monoisotopic (exact) mass is 267 g/mol. The summed E-state index contributed by atoms with van der Waals surface area (Å²) in [7, 11) is -2.08. The van der Waals surface area contributed by atoms with E-state index in [1.807, 2.05) is 0 Å². The van der Waals surface area contributed by atoms with Crippen molar-refractivity contribution in [3.8, 4) is 0 Å². The molecule has 7 heteroatoms. The summed E-state index contributed by atoms with van der Waals surface area (Å²) < 4.78 is 29.8. The molecular formula is C10H21NO5S. The van der Waals surface area contributed by atoms with E-state index in [1.54, 1.807) is 6.92 Å². The molecule has 0 rings (SSSR count). The fourth-order valence-electron chi connectivity index (χ4n) is 1.54. The molecule has 17 heavy (non-hydrogen) atoms. The second-order valence-electron chi connectivity index (χ2n) is 4.19. The molecule has 0 radical (unpaired) electrons. The number of hydrogen-bond acceptors (Lipinski definition) is 4. The Morgan fingerprint density at radius 2 is 1.94 bits per heavy atom. The lowest BCUT2D eigenvalue weighted by Gasteiger charge is -2.33. The Kier molecular flexibility index (Phi) is 6.08. The van der Waals surface area contributed by atoms with Gasteiger partial charge >= 0.3 is 5.97 Å². The number of carboxylic acid groups (broad SMARTS) is 1. The number of rotatable bonds is 8. The highest BCUT2D eigenvalue weighted by Crippen LogP contribution is 2.19. The van der Waals surface area contributed by atoms with Crippen molar-refractivity contribution in [2.75, 3.05) is 26.0 Å². The molecule has 0 spiro atoms. The maximum Gasteiger partial charge on any atom is 0.324 e. The number of nitrogens with zero attached hydrogens (tertiary/aromatic N) is 1. The van der Waals surface area contributed by atoms with Crippen molar-refractivity contribution in [1.82, 2.24) is 4.31 Å². The molecule has 6 nitrogen and oxygen atoms in total. The van der Waals surface area contributed by atoms with E-state index in [0.717, 1.165) is 4.31 Å². The van der Waals surface area contributed by atoms with Gasteiger partial charge in [-0.25, -0.2) is 8.42 Å². The second-order valence-corrected chi connectivity index (χ2v) is 6.20. The van der Waals surface area contributed by atoms with Crippen LogP contribution in [0.3, 0.4) is 0 Å². The molecule has 0 fully saturated rings. The van der Waals surface area contributed by atoms with Gasteiger partial charge in [-0.15, -0.1) is 0 Å². The molecular weight excluding hydrogens is 246 g/mol. The van der Waals surface area contributed by atoms with Crippen molar-refractivity contribution in [2.45, 2.75) is 32.7 Å². The topological polar surface area (TPSA) is 83.9 Å². The van der Waals surface area contributed by atoms with Crippen LogP contribution in [-0.4, -0.2) is 55.4 Å². The molecule has 0 aliphatic carbocycles. The summed E-state index contributed by atoms with van der Waals surface area (Å²) in [6.45, 7) is 4.86. The van der Waals surface area contributed by atoms with Gasteiger partial charge in [-0.05, 0) is 20.3 Å². The minimum atomic E-state index is -3.57. The Morgan fingerprint density at radius 3 is 2.29 bits per heavy atom. The van der Waals surface area contributed by atoms with Crippen LogP contribution in [0.4, 0.5) is 0 Å². The Bertz CT molecular complexity index is 350. The predicted octanol–water partition coefficient (Wildman–Crippen LogP) is 0.538. The molecule has 0 saturated carbocycles. The smallest absolute Gasteiger partial charge is 0.324 e. The van der Waals surface area contributed by atoms with E-state index >= 15 is 0 Å². The standard InChI is InChI=1S/C10H21NO5S/c1-5-11(10(2,3)9(12)13)17(14,15)8-6-7-16-4/h5-8H2,1-4H3,(H,12,13). The van der Waals surface area contributed by atoms with Crippen molar-refractivity contribution in [2.24, 2.45) is 0 Å². The first kappa shape index (κ1) is 16.3. The third-order valence-electron chi connectivity index (χ3n) is 2.52. The van der Waals surface area contributed by atoms with Gasteiger partial charge in [0.15, 0.2) is 0 Å². The van der Waals surface area contributed by atoms with Crippen LogP contribution in [0.15, 0.2) is 0 Å². The molecule has 0 aliphatic rings. The number of methoxy groups -OCH3 is 1. The maximum atomic E-state index is 12.0. The van der Waals surface area contributed by atoms with Crippen molar-refractivity contribution in [3.05, 3.63) is 0 Å². The number of sulfonamides is 1. The van der Waals surface area contributed by atoms with Gasteiger partial charge in [-0.1, -0.05) is 6.92 Å². The van der Waals surface area contributed by atoms with Gasteiger partial charge in [-0.3, -0.25) is 4.79 Å². The molecule has 0 unspecified atom stereocenters. The van der Waals surface area contributed by atoms with Gasteiger partial charge in [0, 0.05) is 20.3 Å². The zero-order valence-electron chi connectivity index (χ0n) is 10.8. The van der Waals surface area contributed by atoms with Gasteiger partial charge in [-0.2, -0.15) is 4.31 Å². The molecule has 1 N–H and O–H groups in total. The molecule has 0 aromatic carbocycles. The van der Waals surface area contributed by atoms with Crippen molar-refractivity contribution in [3.63, 3.8) is 0 Å². The van der Waals surface area contributed by atoms with E-state index < -0.39 is 21.5 Å². The molecule has 0 aromatic heterocycles. The van der Waals surface area contributed by atoms with E-state index in [0.29, 0.717) is 13.0 Å². The van der Waals surface area contributed by atoms with Gasteiger partial charge in [0.2, 0.25) is 10.0 Å². The van der Waals surface area contributed by atoms with E-state index in [4.69, 9.17) is 9.84 Å². The third kappa shape index (κ3) is 4.25. The van der Waals surface area contributed by atoms with Crippen molar-refractivity contribution in [1.29, 1.82) is 0 Å². The summed E-state index contributed by atoms with van der Waals surface area (Å²) in [5.41, 5.74) is -1.43. The minimum absolute atomic E-state index is 0.106. The molecule has 0 amide bonds. The lowest BCUT2D eigenvalue weighted by molar-refractivity contribution is -0.146. The molecule has 0 atom stereocenters. The van der Waals surface area contributed by atoms with Crippen LogP contribution >= 0.6 is 0 Å². The summed E-state index contributed by atoms with van der Waals surface area (Å²) in [5, 5.41) is 9.05. The number of aliphatic carboxylic acids is 1. The minimum Gasteiger partial charge on any atom is -0.480 e. The van der Waals surface area contributed by atoms with Crippen LogP contribution in [-0.2, 0) is 19.6 Å². The van der Waals surface area contributed by atoms with Crippen LogP contribution in [0.25, 0.3) is 0 Å². The van der Waals surface area contributed by atoms with Crippen LogP contribution in [0, 0.1) is 0 Å². The Morgan fingerprint density at radius 1 is 1.41 bits per heavy atom. The highest BCUT2D eigenvalue weighted by molar-refractivity contribution is 7.89. The first-order chi connectivity index (χ1) is 7.70. The molecule has 0 saturated heterocycles. The van der Waals surface area contributed by atoms with E-state index in [9.17, 15) is 13.2 Å². The number of carbonyl (C=O) groups is 1. The highest BCUT2D eigenvalue weighted by Gasteiger charge is 2.40. The van der Waals surface area contributed by atoms with E-state index in [-0.39, 0.29) is 12.3 Å². The lowest BCUT2D eigenvalue weighted by Crippen LogP contribution is -2.53. The molecule has 0 aliphatic heterocycles. The molecule has 102 valence electrons. The summed E-state index contributed by atoms with van der Waals surface area (Å²) in [4.78, 5) is 11.1. The number of ether oxygens (including phenoxy) is 1. The zero-order chi connectivity index (χ0) is 13.7. The predicted molar refractivity (Wildman–Crippen MR) is 64.4 cm³/mol. The third-order valence-corrected chi connectivity index (χ3v) is 4.71. The molecule has 0 aromatic rings. The number of hydrogen-bond donors (Lipinski definition) is 1. The zero-order valence-corrected chi connectivity index (χ0v) is 11.6. The van der Waals surface area contributed by atoms with Gasteiger partial charge < -0.3 is 9.84 Å². The number of likely N-dealkylation sites (N-methyl/N-ethyl adjacent to an activating group) is 1. The Labute approximate surface area is 103 Å². The summed E-state index contributed by atoms with van der Waals surface area (Å²) in [6.07, 6.45) is 0.352. The molecule has 0 heterocycles. The lowest BCUT2D eigenvalue weighted by atomic mass is 10.1. The van der Waals surface area contributed by atoms with Crippen LogP contribution < -0.4 is 0 Å². The van der Waals surface area contributed by atoms with E-state index in [1.165, 1.54) is 21.0 Å². The normalized spacial score (nSPS) is 13.0. The largest absolute Gasteiger partial charge is 0.480 e. The first-order valence-electron chi connectivity index (χ1n) is 5.43. The van der Waals surface area contributed by atoms with Crippen molar-refractivity contribution < 1.29 is 23.1 Å². The van der Waals surface area contributed by atoms with Crippen LogP contribution in [0.5, 0.6) is 0 Å². The summed E-state index contributed by atoms with van der Waals surface area (Å²) in [5.74, 6) is -1.26. The fraction of sp³-hybridized carbons (Fsp3) is 0.900. The SMILES string of the molecule is CCN(C(C)(C)C(=O)O)S(=O)(=O)CCCOC. The van der Waals surface area contributed by atoms with Crippen LogP contribution in [0.1, 0.15) is 27.2 Å². The average Bonchev–Trinajstić information content (AvgIpc) is 2.17. The average molecular weight is 267 g/mol. The van der Waals surface area contributed by atoms with Gasteiger partial charge in [0.05, 0.1) is 5.75 Å². The van der Waals surface area contributed by atoms with Gasteiger partial charge in [0.25, 0.3) is 0 Å².